The molecule has 2 N–H and O–H groups in total. The van der Waals surface area contributed by atoms with Crippen molar-refractivity contribution < 1.29 is 19.4 Å². The first-order valence-corrected chi connectivity index (χ1v) is 8.71. The Labute approximate surface area is 169 Å². The molecule has 1 heterocycles. The highest BCUT2D eigenvalue weighted by Gasteiger charge is 2.11. The molecule has 0 aliphatic carbocycles. The number of hydrogen-bond donors (Lipinski definition) is 2. The van der Waals surface area contributed by atoms with E-state index in [1.54, 1.807) is 36.4 Å². The van der Waals surface area contributed by atoms with Crippen molar-refractivity contribution in [1.29, 1.82) is 10.5 Å². The van der Waals surface area contributed by atoms with E-state index in [2.05, 4.69) is 0 Å². The molecule has 1 aromatic heterocycles. The minimum Gasteiger partial charge on any atom is -0.504 e. The zero-order valence-corrected chi connectivity index (χ0v) is 15.3. The van der Waals surface area contributed by atoms with E-state index >= 15 is 0 Å². The SMILES string of the molecule is N#Cc1ccc(Oc2ccc(-c3cc4cc(O)c(O)cc4oc3=O)cc2)cc1C#N. The predicted molar refractivity (Wildman–Crippen MR) is 107 cm³/mol. The van der Waals surface area contributed by atoms with Crippen molar-refractivity contribution in [1.82, 2.24) is 0 Å². The summed E-state index contributed by atoms with van der Waals surface area (Å²) in [4.78, 5) is 12.3. The Morgan fingerprint density at radius 2 is 1.47 bits per heavy atom. The number of nitrogens with zero attached hydrogens (tertiary/aromatic N) is 2. The second kappa shape index (κ2) is 7.34. The van der Waals surface area contributed by atoms with Crippen molar-refractivity contribution in [2.45, 2.75) is 0 Å². The number of aromatic hydroxyl groups is 2. The summed E-state index contributed by atoms with van der Waals surface area (Å²) in [6.07, 6.45) is 0. The number of nitriles is 2. The zero-order valence-electron chi connectivity index (χ0n) is 15.3. The maximum absolute atomic E-state index is 12.3. The Hall–Kier alpha value is -4.75. The molecule has 4 aromatic rings. The summed E-state index contributed by atoms with van der Waals surface area (Å²) in [7, 11) is 0. The lowest BCUT2D eigenvalue weighted by atomic mass is 10.1. The van der Waals surface area contributed by atoms with Crippen LogP contribution in [0, 0.1) is 22.7 Å². The lowest BCUT2D eigenvalue weighted by Crippen LogP contribution is -2.02. The third-order valence-electron chi connectivity index (χ3n) is 4.46. The first-order chi connectivity index (χ1) is 14.5. The van der Waals surface area contributed by atoms with Crippen molar-refractivity contribution >= 4 is 11.0 Å². The molecule has 0 spiro atoms. The number of phenols is 2. The molecular weight excluding hydrogens is 384 g/mol. The Morgan fingerprint density at radius 3 is 2.17 bits per heavy atom. The molecule has 0 amide bonds. The lowest BCUT2D eigenvalue weighted by Gasteiger charge is -2.08. The summed E-state index contributed by atoms with van der Waals surface area (Å²) in [6, 6.07) is 19.2. The van der Waals surface area contributed by atoms with E-state index < -0.39 is 5.63 Å². The fourth-order valence-corrected chi connectivity index (χ4v) is 2.96. The minimum atomic E-state index is -0.591. The standard InChI is InChI=1S/C23H12N2O5/c24-11-14-3-6-18(7-16(14)12-25)29-17-4-1-13(2-5-17)19-8-15-9-20(26)21(27)10-22(15)30-23(19)28/h1-10,26-27H. The summed E-state index contributed by atoms with van der Waals surface area (Å²) < 4.78 is 11.0. The molecule has 30 heavy (non-hydrogen) atoms. The predicted octanol–water partition coefficient (Wildman–Crippen LogP) is 4.41. The van der Waals surface area contributed by atoms with Crippen molar-refractivity contribution in [2.24, 2.45) is 0 Å². The molecule has 0 aliphatic heterocycles. The molecule has 3 aromatic carbocycles. The molecule has 0 saturated carbocycles. The maximum atomic E-state index is 12.3. The maximum Gasteiger partial charge on any atom is 0.344 e. The number of benzene rings is 3. The van der Waals surface area contributed by atoms with Crippen molar-refractivity contribution in [2.75, 3.05) is 0 Å². The van der Waals surface area contributed by atoms with Gasteiger partial charge in [-0.15, -0.1) is 0 Å². The Bertz CT molecular complexity index is 1420. The van der Waals surface area contributed by atoms with Gasteiger partial charge in [-0.3, -0.25) is 0 Å². The average Bonchev–Trinajstić information content (AvgIpc) is 2.75. The quantitative estimate of drug-likeness (QED) is 0.388. The first-order valence-electron chi connectivity index (χ1n) is 8.71. The third-order valence-corrected chi connectivity index (χ3v) is 4.46. The molecular formula is C23H12N2O5. The smallest absolute Gasteiger partial charge is 0.344 e. The average molecular weight is 396 g/mol. The molecule has 0 atom stereocenters. The van der Waals surface area contributed by atoms with Crippen LogP contribution in [0.15, 0.2) is 69.9 Å². The van der Waals surface area contributed by atoms with Gasteiger partial charge in [-0.1, -0.05) is 12.1 Å². The van der Waals surface area contributed by atoms with Crippen LogP contribution in [0.1, 0.15) is 11.1 Å². The van der Waals surface area contributed by atoms with Crippen LogP contribution in [0.2, 0.25) is 0 Å². The monoisotopic (exact) mass is 396 g/mol. The van der Waals surface area contributed by atoms with Gasteiger partial charge in [-0.2, -0.15) is 10.5 Å². The summed E-state index contributed by atoms with van der Waals surface area (Å²) >= 11 is 0. The van der Waals surface area contributed by atoms with Crippen LogP contribution < -0.4 is 10.4 Å². The number of fused-ring (bicyclic) bond motifs is 1. The van der Waals surface area contributed by atoms with Gasteiger partial charge in [0.2, 0.25) is 0 Å². The van der Waals surface area contributed by atoms with E-state index in [1.807, 2.05) is 12.1 Å². The fourth-order valence-electron chi connectivity index (χ4n) is 2.96. The Balaban J connectivity index is 1.65. The first kappa shape index (κ1) is 18.6. The number of hydrogen-bond acceptors (Lipinski definition) is 7. The topological polar surface area (TPSA) is 127 Å². The number of rotatable bonds is 3. The summed E-state index contributed by atoms with van der Waals surface area (Å²) in [5.41, 5.74) is 0.907. The highest BCUT2D eigenvalue weighted by atomic mass is 16.5. The van der Waals surface area contributed by atoms with E-state index in [0.29, 0.717) is 22.4 Å². The molecule has 0 radical (unpaired) electrons. The molecule has 7 nitrogen and oxygen atoms in total. The van der Waals surface area contributed by atoms with E-state index in [4.69, 9.17) is 19.7 Å². The fraction of sp³-hybridized carbons (Fsp3) is 0. The Morgan fingerprint density at radius 1 is 0.800 bits per heavy atom. The third kappa shape index (κ3) is 3.39. The minimum absolute atomic E-state index is 0.160. The van der Waals surface area contributed by atoms with Gasteiger partial charge in [0.1, 0.15) is 29.2 Å². The summed E-state index contributed by atoms with van der Waals surface area (Å²) in [6.45, 7) is 0. The lowest BCUT2D eigenvalue weighted by molar-refractivity contribution is 0.403. The van der Waals surface area contributed by atoms with Crippen molar-refractivity contribution in [3.8, 4) is 46.3 Å². The van der Waals surface area contributed by atoms with Crippen LogP contribution in [0.4, 0.5) is 0 Å². The highest BCUT2D eigenvalue weighted by molar-refractivity contribution is 5.84. The second-order valence-electron chi connectivity index (χ2n) is 6.38. The summed E-state index contributed by atoms with van der Waals surface area (Å²) in [5.74, 6) is 0.186. The van der Waals surface area contributed by atoms with E-state index in [9.17, 15) is 15.0 Å². The molecule has 0 saturated heterocycles. The van der Waals surface area contributed by atoms with Crippen LogP contribution in [0.25, 0.3) is 22.1 Å². The molecule has 144 valence electrons. The summed E-state index contributed by atoms with van der Waals surface area (Å²) in [5, 5.41) is 37.8. The van der Waals surface area contributed by atoms with Crippen LogP contribution in [0.3, 0.4) is 0 Å². The van der Waals surface area contributed by atoms with Crippen molar-refractivity contribution in [3.05, 3.63) is 82.2 Å². The van der Waals surface area contributed by atoms with Gasteiger partial charge >= 0.3 is 5.63 Å². The van der Waals surface area contributed by atoms with Crippen LogP contribution >= 0.6 is 0 Å². The van der Waals surface area contributed by atoms with E-state index in [0.717, 1.165) is 0 Å². The van der Waals surface area contributed by atoms with Gasteiger partial charge in [-0.25, -0.2) is 4.79 Å². The van der Waals surface area contributed by atoms with Crippen molar-refractivity contribution in [3.63, 3.8) is 0 Å². The van der Waals surface area contributed by atoms with Gasteiger partial charge in [0, 0.05) is 11.5 Å². The molecule has 0 unspecified atom stereocenters. The molecule has 0 fully saturated rings. The van der Waals surface area contributed by atoms with Gasteiger partial charge in [0.25, 0.3) is 0 Å². The molecule has 7 heteroatoms. The van der Waals surface area contributed by atoms with Gasteiger partial charge in [-0.05, 0) is 48.0 Å². The number of phenolic OH excluding ortho intramolecular Hbond substituents is 2. The van der Waals surface area contributed by atoms with Gasteiger partial charge in [0.05, 0.1) is 16.7 Å². The highest BCUT2D eigenvalue weighted by Crippen LogP contribution is 2.32. The zero-order chi connectivity index (χ0) is 21.3. The van der Waals surface area contributed by atoms with Gasteiger partial charge < -0.3 is 19.4 Å². The molecule has 4 rings (SSSR count). The van der Waals surface area contributed by atoms with Crippen LogP contribution in [0.5, 0.6) is 23.0 Å². The van der Waals surface area contributed by atoms with Crippen LogP contribution in [-0.4, -0.2) is 10.2 Å². The molecule has 0 bridgehead atoms. The normalized spacial score (nSPS) is 10.3. The van der Waals surface area contributed by atoms with E-state index in [1.165, 1.54) is 24.3 Å². The Kier molecular flexibility index (Phi) is 4.55. The molecule has 0 aliphatic rings. The van der Waals surface area contributed by atoms with E-state index in [-0.39, 0.29) is 33.8 Å². The van der Waals surface area contributed by atoms with Crippen LogP contribution in [-0.2, 0) is 0 Å². The second-order valence-corrected chi connectivity index (χ2v) is 6.38. The largest absolute Gasteiger partial charge is 0.504 e. The number of ether oxygens (including phenoxy) is 1. The van der Waals surface area contributed by atoms with Gasteiger partial charge in [0.15, 0.2) is 11.5 Å².